The lowest BCUT2D eigenvalue weighted by molar-refractivity contribution is -0.113. The summed E-state index contributed by atoms with van der Waals surface area (Å²) < 4.78 is 0. The molecule has 0 saturated heterocycles. The van der Waals surface area contributed by atoms with E-state index in [0.29, 0.717) is 5.75 Å². The van der Waals surface area contributed by atoms with Crippen LogP contribution in [0.3, 0.4) is 0 Å². The molecule has 11 heavy (non-hydrogen) atoms. The maximum Gasteiger partial charge on any atom is 0.172 e. The Kier molecular flexibility index (Phi) is 2.94. The molecule has 0 fully saturated rings. The van der Waals surface area contributed by atoms with Crippen molar-refractivity contribution >= 4 is 17.5 Å². The lowest BCUT2D eigenvalue weighted by Crippen LogP contribution is -2.11. The smallest absolute Gasteiger partial charge is 0.172 e. The molecule has 0 aromatic heterocycles. The highest BCUT2D eigenvalue weighted by Crippen LogP contribution is 2.19. The van der Waals surface area contributed by atoms with Gasteiger partial charge in [0.15, 0.2) is 5.78 Å². The topological polar surface area (TPSA) is 17.1 Å². The fraction of sp³-hybridized carbons (Fsp3) is 0.444. The van der Waals surface area contributed by atoms with Crippen molar-refractivity contribution in [3.8, 4) is 0 Å². The van der Waals surface area contributed by atoms with E-state index >= 15 is 0 Å². The zero-order chi connectivity index (χ0) is 8.27. The first-order valence-corrected chi connectivity index (χ1v) is 4.85. The van der Waals surface area contributed by atoms with Crippen LogP contribution >= 0.6 is 11.8 Å². The maximum atomic E-state index is 11.3. The predicted octanol–water partition coefficient (Wildman–Crippen LogP) is 2.19. The fourth-order valence-corrected chi connectivity index (χ4v) is 1.77. The number of hydrogen-bond acceptors (Lipinski definition) is 2. The first-order valence-electron chi connectivity index (χ1n) is 3.70. The molecule has 0 aromatic carbocycles. The third-order valence-corrected chi connectivity index (χ3v) is 2.67. The van der Waals surface area contributed by atoms with Crippen molar-refractivity contribution in [3.05, 3.63) is 23.3 Å². The summed E-state index contributed by atoms with van der Waals surface area (Å²) in [5.41, 5.74) is 2.03. The number of carbonyl (C=O) groups excluding carboxylic acids is 1. The molecule has 0 bridgehead atoms. The van der Waals surface area contributed by atoms with E-state index in [9.17, 15) is 4.79 Å². The Balaban J connectivity index is 2.84. The molecular weight excluding hydrogens is 156 g/mol. The van der Waals surface area contributed by atoms with Crippen LogP contribution in [-0.2, 0) is 4.79 Å². The number of rotatable bonds is 1. The molecule has 0 atom stereocenters. The van der Waals surface area contributed by atoms with Crippen molar-refractivity contribution in [1.29, 1.82) is 0 Å². The Morgan fingerprint density at radius 3 is 3.00 bits per heavy atom. The van der Waals surface area contributed by atoms with E-state index in [0.717, 1.165) is 16.9 Å². The van der Waals surface area contributed by atoms with E-state index in [2.05, 4.69) is 0 Å². The van der Waals surface area contributed by atoms with E-state index in [1.807, 2.05) is 26.0 Å². The average molecular weight is 168 g/mol. The maximum absolute atomic E-state index is 11.3. The Labute approximate surface area is 71.6 Å². The monoisotopic (exact) mass is 168 g/mol. The minimum Gasteiger partial charge on any atom is -0.293 e. The summed E-state index contributed by atoms with van der Waals surface area (Å²) in [4.78, 5) is 11.3. The number of carbonyl (C=O) groups is 1. The van der Waals surface area contributed by atoms with Gasteiger partial charge in [0.05, 0.1) is 5.75 Å². The largest absolute Gasteiger partial charge is 0.293 e. The quantitative estimate of drug-likeness (QED) is 0.597. The van der Waals surface area contributed by atoms with Crippen LogP contribution in [0.1, 0.15) is 13.8 Å². The van der Waals surface area contributed by atoms with Gasteiger partial charge in [-0.05, 0) is 19.4 Å². The molecule has 0 unspecified atom stereocenters. The van der Waals surface area contributed by atoms with E-state index < -0.39 is 0 Å². The molecule has 60 valence electrons. The zero-order valence-electron chi connectivity index (χ0n) is 6.89. The van der Waals surface area contributed by atoms with Gasteiger partial charge < -0.3 is 0 Å². The molecule has 0 N–H and O–H groups in total. The van der Waals surface area contributed by atoms with Crippen LogP contribution in [0.5, 0.6) is 0 Å². The molecule has 1 aliphatic heterocycles. The molecule has 0 radical (unpaired) electrons. The molecule has 2 heteroatoms. The summed E-state index contributed by atoms with van der Waals surface area (Å²) in [6, 6.07) is 0. The Morgan fingerprint density at radius 2 is 2.45 bits per heavy atom. The highest BCUT2D eigenvalue weighted by Gasteiger charge is 2.13. The van der Waals surface area contributed by atoms with E-state index in [4.69, 9.17) is 0 Å². The Morgan fingerprint density at radius 1 is 1.73 bits per heavy atom. The number of thioether (sulfide) groups is 1. The minimum absolute atomic E-state index is 0.275. The van der Waals surface area contributed by atoms with Gasteiger partial charge in [0.2, 0.25) is 0 Å². The predicted molar refractivity (Wildman–Crippen MR) is 49.8 cm³/mol. The number of hydrogen-bond donors (Lipinski definition) is 0. The van der Waals surface area contributed by atoms with Crippen LogP contribution in [0, 0.1) is 0 Å². The molecule has 0 aliphatic carbocycles. The van der Waals surface area contributed by atoms with E-state index in [-0.39, 0.29) is 5.78 Å². The van der Waals surface area contributed by atoms with Gasteiger partial charge >= 0.3 is 0 Å². The van der Waals surface area contributed by atoms with Crippen molar-refractivity contribution in [1.82, 2.24) is 0 Å². The van der Waals surface area contributed by atoms with Gasteiger partial charge in [0, 0.05) is 11.3 Å². The molecule has 0 spiro atoms. The third-order valence-electron chi connectivity index (χ3n) is 1.80. The molecule has 1 nitrogen and oxygen atoms in total. The summed E-state index contributed by atoms with van der Waals surface area (Å²) in [7, 11) is 0. The third kappa shape index (κ3) is 1.96. The highest BCUT2D eigenvalue weighted by atomic mass is 32.2. The Bertz CT molecular complexity index is 226. The van der Waals surface area contributed by atoms with Crippen LogP contribution < -0.4 is 0 Å². The SMILES string of the molecule is C/C=C(\C)C1=CCSCC1=O. The number of Topliss-reactive ketones (excluding diaryl/α,β-unsaturated/α-hetero) is 1. The van der Waals surface area contributed by atoms with Crippen LogP contribution in [0.15, 0.2) is 23.3 Å². The summed E-state index contributed by atoms with van der Waals surface area (Å²) in [5.74, 6) is 1.90. The van der Waals surface area contributed by atoms with Gasteiger partial charge in [0.1, 0.15) is 0 Å². The van der Waals surface area contributed by atoms with Crippen molar-refractivity contribution in [2.24, 2.45) is 0 Å². The molecule has 0 amide bonds. The first kappa shape index (κ1) is 8.60. The van der Waals surface area contributed by atoms with Crippen LogP contribution in [0.25, 0.3) is 0 Å². The lowest BCUT2D eigenvalue weighted by Gasteiger charge is -2.10. The van der Waals surface area contributed by atoms with Crippen molar-refractivity contribution in [2.75, 3.05) is 11.5 Å². The molecule has 1 heterocycles. The van der Waals surface area contributed by atoms with Crippen molar-refractivity contribution in [3.63, 3.8) is 0 Å². The van der Waals surface area contributed by atoms with Gasteiger partial charge in [-0.3, -0.25) is 4.79 Å². The zero-order valence-corrected chi connectivity index (χ0v) is 7.70. The second kappa shape index (κ2) is 3.77. The summed E-state index contributed by atoms with van der Waals surface area (Å²) in [6.45, 7) is 3.95. The van der Waals surface area contributed by atoms with Crippen LogP contribution in [0.2, 0.25) is 0 Å². The summed E-state index contributed by atoms with van der Waals surface area (Å²) in [6.07, 6.45) is 4.01. The molecule has 0 saturated carbocycles. The van der Waals surface area contributed by atoms with Crippen LogP contribution in [0.4, 0.5) is 0 Å². The number of ketones is 1. The molecule has 1 aliphatic rings. The van der Waals surface area contributed by atoms with Crippen molar-refractivity contribution < 1.29 is 4.79 Å². The normalized spacial score (nSPS) is 20.0. The average Bonchev–Trinajstić information content (AvgIpc) is 2.04. The van der Waals surface area contributed by atoms with Gasteiger partial charge in [0.25, 0.3) is 0 Å². The summed E-state index contributed by atoms with van der Waals surface area (Å²) in [5, 5.41) is 0. The van der Waals surface area contributed by atoms with Crippen molar-refractivity contribution in [2.45, 2.75) is 13.8 Å². The lowest BCUT2D eigenvalue weighted by atomic mass is 10.0. The molecule has 0 aromatic rings. The molecular formula is C9H12OS. The molecule has 1 rings (SSSR count). The standard InChI is InChI=1S/C9H12OS/c1-3-7(2)8-4-5-11-6-9(8)10/h3-4H,5-6H2,1-2H3/b7-3+. The second-order valence-electron chi connectivity index (χ2n) is 2.53. The first-order chi connectivity index (χ1) is 5.25. The van der Waals surface area contributed by atoms with Gasteiger partial charge in [-0.1, -0.05) is 12.2 Å². The van der Waals surface area contributed by atoms with Gasteiger partial charge in [-0.2, -0.15) is 0 Å². The second-order valence-corrected chi connectivity index (χ2v) is 3.56. The summed E-state index contributed by atoms with van der Waals surface area (Å²) >= 11 is 1.68. The minimum atomic E-state index is 0.275. The van der Waals surface area contributed by atoms with Crippen LogP contribution in [-0.4, -0.2) is 17.3 Å². The number of allylic oxidation sites excluding steroid dienone is 3. The van der Waals surface area contributed by atoms with Gasteiger partial charge in [-0.15, -0.1) is 11.8 Å². The van der Waals surface area contributed by atoms with E-state index in [1.165, 1.54) is 0 Å². The Hall–Kier alpha value is -0.500. The highest BCUT2D eigenvalue weighted by molar-refractivity contribution is 8.00. The fourth-order valence-electron chi connectivity index (χ4n) is 1.02. The van der Waals surface area contributed by atoms with E-state index in [1.54, 1.807) is 11.8 Å². The van der Waals surface area contributed by atoms with Gasteiger partial charge in [-0.25, -0.2) is 0 Å².